The summed E-state index contributed by atoms with van der Waals surface area (Å²) >= 11 is 1.47. The highest BCUT2D eigenvalue weighted by Crippen LogP contribution is 2.38. The number of anilines is 1. The quantitative estimate of drug-likeness (QED) is 0.626. The fourth-order valence-electron chi connectivity index (χ4n) is 3.91. The van der Waals surface area contributed by atoms with Crippen LogP contribution in [-0.4, -0.2) is 37.5 Å². The van der Waals surface area contributed by atoms with Crippen molar-refractivity contribution >= 4 is 28.2 Å². The van der Waals surface area contributed by atoms with Crippen LogP contribution in [0.5, 0.6) is 0 Å². The molecule has 0 radical (unpaired) electrons. The molecule has 1 N–H and O–H groups in total. The van der Waals surface area contributed by atoms with Crippen molar-refractivity contribution < 1.29 is 14.3 Å². The van der Waals surface area contributed by atoms with Gasteiger partial charge in [0.05, 0.1) is 18.6 Å². The number of methoxy groups -OCH3 is 1. The number of likely N-dealkylation sites (N-methyl/N-ethyl adjacent to an activating group) is 1. The van der Waals surface area contributed by atoms with Gasteiger partial charge >= 0.3 is 5.97 Å². The first kappa shape index (κ1) is 20.3. The van der Waals surface area contributed by atoms with Crippen LogP contribution in [0.15, 0.2) is 60.7 Å². The molecule has 0 fully saturated rings. The summed E-state index contributed by atoms with van der Waals surface area (Å²) in [7, 11) is 3.43. The number of carbonyl (C=O) groups excluding carboxylic acids is 2. The smallest absolute Gasteiger partial charge is 0.341 e. The molecule has 2 aromatic carbocycles. The zero-order valence-electron chi connectivity index (χ0n) is 17.1. The van der Waals surface area contributed by atoms with Crippen molar-refractivity contribution in [2.45, 2.75) is 18.9 Å². The summed E-state index contributed by atoms with van der Waals surface area (Å²) in [4.78, 5) is 29.4. The highest BCUT2D eigenvalue weighted by Gasteiger charge is 2.30. The Morgan fingerprint density at radius 3 is 2.20 bits per heavy atom. The molecular weight excluding hydrogens is 396 g/mol. The number of nitrogens with one attached hydrogen (secondary N) is 1. The van der Waals surface area contributed by atoms with Crippen LogP contribution in [0, 0.1) is 0 Å². The average Bonchev–Trinajstić information content (AvgIpc) is 3.11. The minimum atomic E-state index is -0.473. The van der Waals surface area contributed by atoms with Gasteiger partial charge in [-0.1, -0.05) is 60.7 Å². The van der Waals surface area contributed by atoms with Crippen LogP contribution < -0.4 is 5.32 Å². The van der Waals surface area contributed by atoms with Crippen molar-refractivity contribution in [1.29, 1.82) is 0 Å². The van der Waals surface area contributed by atoms with Crippen molar-refractivity contribution in [2.75, 3.05) is 26.0 Å². The third kappa shape index (κ3) is 4.01. The molecule has 3 aromatic rings. The van der Waals surface area contributed by atoms with Crippen LogP contribution in [-0.2, 0) is 22.5 Å². The lowest BCUT2D eigenvalue weighted by Gasteiger charge is -2.22. The minimum absolute atomic E-state index is 0.162. The number of esters is 1. The molecule has 1 aliphatic rings. The highest BCUT2D eigenvalue weighted by molar-refractivity contribution is 7.17. The second-order valence-electron chi connectivity index (χ2n) is 7.43. The Kier molecular flexibility index (Phi) is 5.97. The van der Waals surface area contributed by atoms with E-state index >= 15 is 0 Å². The summed E-state index contributed by atoms with van der Waals surface area (Å²) in [5.41, 5.74) is 3.30. The molecule has 1 aliphatic heterocycles. The van der Waals surface area contributed by atoms with Crippen LogP contribution in [0.4, 0.5) is 5.00 Å². The van der Waals surface area contributed by atoms with Gasteiger partial charge in [0.2, 0.25) is 5.91 Å². The zero-order valence-corrected chi connectivity index (χ0v) is 17.9. The molecule has 0 aliphatic carbocycles. The van der Waals surface area contributed by atoms with Crippen molar-refractivity contribution in [3.05, 3.63) is 87.8 Å². The number of fused-ring (bicyclic) bond motifs is 1. The lowest BCUT2D eigenvalue weighted by molar-refractivity contribution is -0.116. The van der Waals surface area contributed by atoms with E-state index in [0.29, 0.717) is 10.6 Å². The largest absolute Gasteiger partial charge is 0.465 e. The maximum Gasteiger partial charge on any atom is 0.341 e. The van der Waals surface area contributed by atoms with Crippen LogP contribution in [0.2, 0.25) is 0 Å². The standard InChI is InChI=1S/C24H24N2O3S/c1-26-14-13-18-19(15-26)30-23(21(18)24(28)29-2)25-22(27)20(16-9-5-3-6-10-16)17-11-7-4-8-12-17/h3-12,20H,13-15H2,1-2H3,(H,25,27). The van der Waals surface area contributed by atoms with E-state index in [1.165, 1.54) is 18.4 Å². The average molecular weight is 421 g/mol. The summed E-state index contributed by atoms with van der Waals surface area (Å²) in [6, 6.07) is 19.4. The lowest BCUT2D eigenvalue weighted by atomic mass is 9.90. The van der Waals surface area contributed by atoms with E-state index in [-0.39, 0.29) is 5.91 Å². The first-order chi connectivity index (χ1) is 14.6. The molecule has 0 atom stereocenters. The van der Waals surface area contributed by atoms with Gasteiger partial charge in [-0.3, -0.25) is 4.79 Å². The second kappa shape index (κ2) is 8.81. The summed E-state index contributed by atoms with van der Waals surface area (Å²) < 4.78 is 5.04. The number of carbonyl (C=O) groups is 2. The predicted octanol–water partition coefficient (Wildman–Crippen LogP) is 4.29. The van der Waals surface area contributed by atoms with Crippen LogP contribution in [0.1, 0.15) is 37.8 Å². The summed E-state index contributed by atoms with van der Waals surface area (Å²) in [5.74, 6) is -1.03. The molecule has 1 amide bonds. The third-order valence-corrected chi connectivity index (χ3v) is 6.53. The Bertz CT molecular complexity index is 1010. The fraction of sp³-hybridized carbons (Fsp3) is 0.250. The molecule has 154 valence electrons. The normalized spacial score (nSPS) is 13.7. The Balaban J connectivity index is 1.72. The monoisotopic (exact) mass is 420 g/mol. The van der Waals surface area contributed by atoms with E-state index < -0.39 is 11.9 Å². The Morgan fingerprint density at radius 2 is 1.63 bits per heavy atom. The molecule has 0 saturated heterocycles. The molecule has 0 spiro atoms. The number of nitrogens with zero attached hydrogens (tertiary/aromatic N) is 1. The molecule has 6 heteroatoms. The number of benzene rings is 2. The van der Waals surface area contributed by atoms with Gasteiger partial charge in [-0.2, -0.15) is 0 Å². The van der Waals surface area contributed by atoms with Gasteiger partial charge < -0.3 is 15.0 Å². The summed E-state index contributed by atoms with van der Waals surface area (Å²) in [6.45, 7) is 1.64. The second-order valence-corrected chi connectivity index (χ2v) is 8.54. The van der Waals surface area contributed by atoms with Gasteiger partial charge in [0.25, 0.3) is 0 Å². The Labute approximate surface area is 180 Å². The van der Waals surface area contributed by atoms with Gasteiger partial charge in [-0.25, -0.2) is 4.79 Å². The zero-order chi connectivity index (χ0) is 21.1. The summed E-state index contributed by atoms with van der Waals surface area (Å²) in [5, 5.41) is 3.63. The van der Waals surface area contributed by atoms with Crippen molar-refractivity contribution in [3.8, 4) is 0 Å². The van der Waals surface area contributed by atoms with Crippen LogP contribution in [0.3, 0.4) is 0 Å². The van der Waals surface area contributed by atoms with Gasteiger partial charge in [-0.15, -0.1) is 11.3 Å². The lowest BCUT2D eigenvalue weighted by Crippen LogP contribution is -2.26. The summed E-state index contributed by atoms with van der Waals surface area (Å²) in [6.07, 6.45) is 0.767. The number of amides is 1. The van der Waals surface area contributed by atoms with E-state index in [4.69, 9.17) is 4.74 Å². The van der Waals surface area contributed by atoms with Gasteiger partial charge in [0.15, 0.2) is 0 Å². The SMILES string of the molecule is COC(=O)c1c(NC(=O)C(c2ccccc2)c2ccccc2)sc2c1CCN(C)C2. The fourth-order valence-corrected chi connectivity index (χ4v) is 5.23. The molecular formula is C24H24N2O3S. The van der Waals surface area contributed by atoms with Crippen LogP contribution in [0.25, 0.3) is 0 Å². The number of thiophene rings is 1. The van der Waals surface area contributed by atoms with E-state index in [0.717, 1.165) is 41.1 Å². The number of rotatable bonds is 5. The number of hydrogen-bond acceptors (Lipinski definition) is 5. The van der Waals surface area contributed by atoms with E-state index in [1.54, 1.807) is 0 Å². The topological polar surface area (TPSA) is 58.6 Å². The third-order valence-electron chi connectivity index (χ3n) is 5.40. The molecule has 5 nitrogen and oxygen atoms in total. The predicted molar refractivity (Wildman–Crippen MR) is 119 cm³/mol. The van der Waals surface area contributed by atoms with Crippen molar-refractivity contribution in [3.63, 3.8) is 0 Å². The molecule has 1 aromatic heterocycles. The van der Waals surface area contributed by atoms with E-state index in [1.807, 2.05) is 60.7 Å². The molecule has 2 heterocycles. The number of hydrogen-bond donors (Lipinski definition) is 1. The Morgan fingerprint density at radius 1 is 1.03 bits per heavy atom. The van der Waals surface area contributed by atoms with E-state index in [9.17, 15) is 9.59 Å². The Hall–Kier alpha value is -2.96. The molecule has 0 saturated carbocycles. The molecule has 0 bridgehead atoms. The van der Waals surface area contributed by atoms with Crippen molar-refractivity contribution in [2.24, 2.45) is 0 Å². The molecule has 0 unspecified atom stereocenters. The van der Waals surface area contributed by atoms with Crippen molar-refractivity contribution in [1.82, 2.24) is 4.90 Å². The molecule has 4 rings (SSSR count). The van der Waals surface area contributed by atoms with Crippen LogP contribution >= 0.6 is 11.3 Å². The minimum Gasteiger partial charge on any atom is -0.465 e. The first-order valence-corrected chi connectivity index (χ1v) is 10.7. The first-order valence-electron chi connectivity index (χ1n) is 9.90. The maximum atomic E-state index is 13.5. The van der Waals surface area contributed by atoms with E-state index in [2.05, 4.69) is 17.3 Å². The highest BCUT2D eigenvalue weighted by atomic mass is 32.1. The van der Waals surface area contributed by atoms with Gasteiger partial charge in [0, 0.05) is 18.0 Å². The van der Waals surface area contributed by atoms with Gasteiger partial charge in [-0.05, 0) is 30.2 Å². The number of ether oxygens (including phenoxy) is 1. The molecule has 30 heavy (non-hydrogen) atoms. The maximum absolute atomic E-state index is 13.5. The van der Waals surface area contributed by atoms with Gasteiger partial charge in [0.1, 0.15) is 5.00 Å².